The third-order valence-electron chi connectivity index (χ3n) is 4.08. The molecule has 0 radical (unpaired) electrons. The molecule has 3 heteroatoms. The summed E-state index contributed by atoms with van der Waals surface area (Å²) in [4.78, 5) is 0. The number of hydrogen-bond donors (Lipinski definition) is 1. The van der Waals surface area contributed by atoms with Crippen molar-refractivity contribution in [2.24, 2.45) is 0 Å². The van der Waals surface area contributed by atoms with E-state index in [1.54, 1.807) is 7.11 Å². The van der Waals surface area contributed by atoms with Crippen LogP contribution in [0.2, 0.25) is 0 Å². The van der Waals surface area contributed by atoms with Gasteiger partial charge in [-0.25, -0.2) is 0 Å². The minimum absolute atomic E-state index is 0.271. The minimum Gasteiger partial charge on any atom is -0.496 e. The molecule has 0 bridgehead atoms. The molecule has 0 amide bonds. The van der Waals surface area contributed by atoms with Crippen LogP contribution in [-0.4, -0.2) is 20.8 Å². The third kappa shape index (κ3) is 2.88. The molecular formula is C18H21NO2. The van der Waals surface area contributed by atoms with Crippen LogP contribution >= 0.6 is 0 Å². The fraction of sp³-hybridized carbons (Fsp3) is 0.333. The Labute approximate surface area is 125 Å². The first kappa shape index (κ1) is 14.0. The van der Waals surface area contributed by atoms with Gasteiger partial charge in [-0.15, -0.1) is 0 Å². The molecule has 1 atom stereocenters. The molecule has 2 aromatic carbocycles. The summed E-state index contributed by atoms with van der Waals surface area (Å²) in [6.07, 6.45) is 1.91. The Morgan fingerprint density at radius 2 is 2.10 bits per heavy atom. The Balaban J connectivity index is 1.85. The van der Waals surface area contributed by atoms with Gasteiger partial charge in [0.2, 0.25) is 0 Å². The van der Waals surface area contributed by atoms with Gasteiger partial charge in [0.1, 0.15) is 11.5 Å². The van der Waals surface area contributed by atoms with Crippen LogP contribution in [0.25, 0.3) is 0 Å². The second-order valence-corrected chi connectivity index (χ2v) is 5.32. The summed E-state index contributed by atoms with van der Waals surface area (Å²) >= 11 is 0. The van der Waals surface area contributed by atoms with Gasteiger partial charge in [-0.2, -0.15) is 0 Å². The van der Waals surface area contributed by atoms with Crippen molar-refractivity contribution in [3.63, 3.8) is 0 Å². The largest absolute Gasteiger partial charge is 0.496 e. The van der Waals surface area contributed by atoms with Crippen molar-refractivity contribution in [3.8, 4) is 11.5 Å². The molecule has 1 N–H and O–H groups in total. The maximum atomic E-state index is 5.58. The molecule has 0 saturated heterocycles. The van der Waals surface area contributed by atoms with E-state index >= 15 is 0 Å². The zero-order valence-electron chi connectivity index (χ0n) is 12.6. The van der Waals surface area contributed by atoms with Crippen molar-refractivity contribution in [2.45, 2.75) is 18.9 Å². The van der Waals surface area contributed by atoms with Crippen molar-refractivity contribution in [3.05, 3.63) is 59.2 Å². The first-order chi connectivity index (χ1) is 10.3. The second-order valence-electron chi connectivity index (χ2n) is 5.32. The molecule has 1 unspecified atom stereocenters. The van der Waals surface area contributed by atoms with E-state index in [0.717, 1.165) is 30.9 Å². The van der Waals surface area contributed by atoms with Crippen molar-refractivity contribution >= 4 is 0 Å². The predicted molar refractivity (Wildman–Crippen MR) is 84.1 cm³/mol. The molecule has 1 heterocycles. The SMILES string of the molecule is CNC(Cc1ccccc1OC)c1ccc2c(c1)CCO2. The average molecular weight is 283 g/mol. The Morgan fingerprint density at radius 1 is 1.24 bits per heavy atom. The predicted octanol–water partition coefficient (Wildman–Crippen LogP) is 3.13. The average Bonchev–Trinajstić information content (AvgIpc) is 3.00. The highest BCUT2D eigenvalue weighted by molar-refractivity contribution is 5.42. The summed E-state index contributed by atoms with van der Waals surface area (Å²) in [5.41, 5.74) is 3.83. The lowest BCUT2D eigenvalue weighted by molar-refractivity contribution is 0.356. The van der Waals surface area contributed by atoms with Gasteiger partial charge in [0.15, 0.2) is 0 Å². The number of hydrogen-bond acceptors (Lipinski definition) is 3. The van der Waals surface area contributed by atoms with Crippen LogP contribution in [0.5, 0.6) is 11.5 Å². The van der Waals surface area contributed by atoms with E-state index in [-0.39, 0.29) is 6.04 Å². The molecule has 0 saturated carbocycles. The molecule has 1 aliphatic rings. The number of nitrogens with one attached hydrogen (secondary N) is 1. The quantitative estimate of drug-likeness (QED) is 0.914. The first-order valence-corrected chi connectivity index (χ1v) is 7.36. The van der Waals surface area contributed by atoms with E-state index in [1.165, 1.54) is 16.7 Å². The van der Waals surface area contributed by atoms with Crippen LogP contribution in [-0.2, 0) is 12.8 Å². The first-order valence-electron chi connectivity index (χ1n) is 7.36. The highest BCUT2D eigenvalue weighted by Crippen LogP contribution is 2.30. The van der Waals surface area contributed by atoms with E-state index in [2.05, 4.69) is 35.6 Å². The molecule has 21 heavy (non-hydrogen) atoms. The van der Waals surface area contributed by atoms with Crippen LogP contribution in [0.1, 0.15) is 22.7 Å². The van der Waals surface area contributed by atoms with Gasteiger partial charge in [-0.3, -0.25) is 0 Å². The second kappa shape index (κ2) is 6.19. The lowest BCUT2D eigenvalue weighted by Gasteiger charge is -2.19. The summed E-state index contributed by atoms with van der Waals surface area (Å²) in [6, 6.07) is 15.0. The van der Waals surface area contributed by atoms with Crippen molar-refractivity contribution in [2.75, 3.05) is 20.8 Å². The topological polar surface area (TPSA) is 30.5 Å². The number of methoxy groups -OCH3 is 1. The molecule has 0 aromatic heterocycles. The standard InChI is InChI=1S/C18H21NO2/c1-19-16(12-14-5-3-4-6-17(14)20-2)13-7-8-18-15(11-13)9-10-21-18/h3-8,11,16,19H,9-10,12H2,1-2H3. The smallest absolute Gasteiger partial charge is 0.122 e. The summed E-state index contributed by atoms with van der Waals surface area (Å²) in [7, 11) is 3.73. The number of rotatable bonds is 5. The van der Waals surface area contributed by atoms with Crippen LogP contribution in [0, 0.1) is 0 Å². The van der Waals surface area contributed by atoms with Gasteiger partial charge in [-0.05, 0) is 42.3 Å². The van der Waals surface area contributed by atoms with Crippen molar-refractivity contribution in [1.82, 2.24) is 5.32 Å². The van der Waals surface area contributed by atoms with E-state index < -0.39 is 0 Å². The summed E-state index contributed by atoms with van der Waals surface area (Å²) in [5.74, 6) is 1.98. The maximum absolute atomic E-state index is 5.58. The zero-order chi connectivity index (χ0) is 14.7. The number of para-hydroxylation sites is 1. The third-order valence-corrected chi connectivity index (χ3v) is 4.08. The minimum atomic E-state index is 0.271. The molecule has 1 aliphatic heterocycles. The van der Waals surface area contributed by atoms with Crippen LogP contribution in [0.3, 0.4) is 0 Å². The van der Waals surface area contributed by atoms with Crippen molar-refractivity contribution < 1.29 is 9.47 Å². The van der Waals surface area contributed by atoms with Crippen LogP contribution < -0.4 is 14.8 Å². The van der Waals surface area contributed by atoms with Gasteiger partial charge < -0.3 is 14.8 Å². The van der Waals surface area contributed by atoms with E-state index in [4.69, 9.17) is 9.47 Å². The Kier molecular flexibility index (Phi) is 4.11. The van der Waals surface area contributed by atoms with Crippen molar-refractivity contribution in [1.29, 1.82) is 0 Å². The molecule has 3 rings (SSSR count). The van der Waals surface area contributed by atoms with Gasteiger partial charge in [-0.1, -0.05) is 30.3 Å². The van der Waals surface area contributed by atoms with Gasteiger partial charge in [0.25, 0.3) is 0 Å². The normalized spacial score (nSPS) is 14.4. The lowest BCUT2D eigenvalue weighted by atomic mass is 9.96. The fourth-order valence-corrected chi connectivity index (χ4v) is 2.90. The van der Waals surface area contributed by atoms with Crippen LogP contribution in [0.15, 0.2) is 42.5 Å². The highest BCUT2D eigenvalue weighted by Gasteiger charge is 2.17. The van der Waals surface area contributed by atoms with Gasteiger partial charge in [0, 0.05) is 12.5 Å². The fourth-order valence-electron chi connectivity index (χ4n) is 2.90. The van der Waals surface area contributed by atoms with E-state index in [1.807, 2.05) is 19.2 Å². The van der Waals surface area contributed by atoms with Crippen LogP contribution in [0.4, 0.5) is 0 Å². The Hall–Kier alpha value is -2.00. The number of likely N-dealkylation sites (N-methyl/N-ethyl adjacent to an activating group) is 1. The summed E-state index contributed by atoms with van der Waals surface area (Å²) in [5, 5.41) is 3.41. The molecule has 110 valence electrons. The molecule has 3 nitrogen and oxygen atoms in total. The van der Waals surface area contributed by atoms with Gasteiger partial charge in [0.05, 0.1) is 13.7 Å². The zero-order valence-corrected chi connectivity index (χ0v) is 12.6. The molecule has 0 fully saturated rings. The van der Waals surface area contributed by atoms with E-state index in [0.29, 0.717) is 0 Å². The lowest BCUT2D eigenvalue weighted by Crippen LogP contribution is -2.19. The molecular weight excluding hydrogens is 262 g/mol. The maximum Gasteiger partial charge on any atom is 0.122 e. The Bertz CT molecular complexity index is 624. The molecule has 0 aliphatic carbocycles. The monoisotopic (exact) mass is 283 g/mol. The number of fused-ring (bicyclic) bond motifs is 1. The highest BCUT2D eigenvalue weighted by atomic mass is 16.5. The summed E-state index contributed by atoms with van der Waals surface area (Å²) in [6.45, 7) is 0.801. The number of benzene rings is 2. The van der Waals surface area contributed by atoms with Gasteiger partial charge >= 0.3 is 0 Å². The molecule has 2 aromatic rings. The summed E-state index contributed by atoms with van der Waals surface area (Å²) < 4.78 is 11.0. The van der Waals surface area contributed by atoms with E-state index in [9.17, 15) is 0 Å². The Morgan fingerprint density at radius 3 is 2.90 bits per heavy atom. The molecule has 0 spiro atoms. The number of ether oxygens (including phenoxy) is 2.